The van der Waals surface area contributed by atoms with Gasteiger partial charge in [0.1, 0.15) is 19.8 Å². The second-order valence-electron chi connectivity index (χ2n) is 10.4. The standard InChI is InChI=1S/C31H56N4O12.CH4.B.Y/c1-4-28(38)22-45-18-15-44-14-11-35-31(41)27(21-29(39)23-46-19-16-42-12-9-32-25(2)36)7-5-6-8-34-30(40)24-47-20-17-43-13-10-33-26(3)37;;;/h27H,4-24H2,1-3H3,(H,32,36)(H,33,37)(H,34,40)(H,35,41);1H4;;. The zero-order valence-electron chi connectivity index (χ0n) is 29.5. The SMILES string of the molecule is C.CCC(=O)COCCOCCNC(=O)C(CCCCNC(=O)COCCOCCNC(C)=O)CC(=O)COCCOCCNC(C)=O.[B].[Y]. The molecule has 50 heavy (non-hydrogen) atoms. The molecule has 0 saturated carbocycles. The third-order valence-corrected chi connectivity index (χ3v) is 6.20. The summed E-state index contributed by atoms with van der Waals surface area (Å²) in [7, 11) is 0. The van der Waals surface area contributed by atoms with Crippen LogP contribution in [0.5, 0.6) is 0 Å². The van der Waals surface area contributed by atoms with Gasteiger partial charge in [-0.05, 0) is 12.8 Å². The minimum atomic E-state index is -0.576. The third kappa shape index (κ3) is 38.9. The third-order valence-electron chi connectivity index (χ3n) is 6.20. The Morgan fingerprint density at radius 2 is 0.980 bits per heavy atom. The van der Waals surface area contributed by atoms with Crippen LogP contribution in [-0.2, 0) is 89.9 Å². The molecule has 4 N–H and O–H groups in total. The van der Waals surface area contributed by atoms with Crippen molar-refractivity contribution in [2.75, 3.05) is 105 Å². The van der Waals surface area contributed by atoms with Crippen molar-refractivity contribution in [2.24, 2.45) is 5.92 Å². The van der Waals surface area contributed by atoms with Crippen LogP contribution in [0.2, 0.25) is 0 Å². The minimum Gasteiger partial charge on any atom is -0.377 e. The number of carbonyl (C=O) groups excluding carboxylic acids is 6. The van der Waals surface area contributed by atoms with Crippen LogP contribution in [0, 0.1) is 5.92 Å². The molecule has 16 nitrogen and oxygen atoms in total. The van der Waals surface area contributed by atoms with Crippen LogP contribution in [0.3, 0.4) is 0 Å². The van der Waals surface area contributed by atoms with Crippen molar-refractivity contribution in [3.63, 3.8) is 0 Å². The van der Waals surface area contributed by atoms with Gasteiger partial charge in [0, 0.05) is 99.9 Å². The van der Waals surface area contributed by atoms with E-state index in [1.165, 1.54) is 13.8 Å². The topological polar surface area (TPSA) is 206 Å². The molecule has 4 radical (unpaired) electrons. The Morgan fingerprint density at radius 1 is 0.540 bits per heavy atom. The Labute approximate surface area is 325 Å². The number of Topliss-reactive ketones (excluding diaryl/α,β-unsaturated/α-hetero) is 2. The maximum atomic E-state index is 12.9. The molecule has 0 heterocycles. The van der Waals surface area contributed by atoms with Crippen molar-refractivity contribution in [1.29, 1.82) is 0 Å². The van der Waals surface area contributed by atoms with Crippen molar-refractivity contribution >= 4 is 43.6 Å². The fraction of sp³-hybridized carbons (Fsp3) is 0.812. The Bertz CT molecular complexity index is 905. The van der Waals surface area contributed by atoms with Gasteiger partial charge in [-0.15, -0.1) is 0 Å². The molecule has 0 aromatic carbocycles. The van der Waals surface area contributed by atoms with E-state index in [0.29, 0.717) is 65.1 Å². The average Bonchev–Trinajstić information content (AvgIpc) is 3.03. The summed E-state index contributed by atoms with van der Waals surface area (Å²) < 4.78 is 31.9. The Morgan fingerprint density at radius 3 is 1.46 bits per heavy atom. The first kappa shape index (κ1) is 54.9. The number of hydrogen-bond acceptors (Lipinski definition) is 12. The van der Waals surface area contributed by atoms with E-state index in [0.717, 1.165) is 0 Å². The first-order valence-electron chi connectivity index (χ1n) is 16.2. The molecule has 0 aromatic rings. The zero-order chi connectivity index (χ0) is 35.0. The Balaban J connectivity index is -0.00000353. The summed E-state index contributed by atoms with van der Waals surface area (Å²) in [6.45, 7) is 8.35. The van der Waals surface area contributed by atoms with E-state index >= 15 is 0 Å². The number of unbranched alkanes of at least 4 members (excludes halogenated alkanes) is 1. The van der Waals surface area contributed by atoms with Gasteiger partial charge in [-0.1, -0.05) is 20.8 Å². The Hall–Kier alpha value is -1.85. The van der Waals surface area contributed by atoms with Gasteiger partial charge < -0.3 is 49.7 Å². The van der Waals surface area contributed by atoms with E-state index in [1.54, 1.807) is 6.92 Å². The van der Waals surface area contributed by atoms with Crippen LogP contribution in [0.1, 0.15) is 60.3 Å². The normalized spacial score (nSPS) is 10.8. The zero-order valence-corrected chi connectivity index (χ0v) is 32.3. The predicted molar refractivity (Wildman–Crippen MR) is 183 cm³/mol. The van der Waals surface area contributed by atoms with Gasteiger partial charge in [0.2, 0.25) is 23.6 Å². The first-order chi connectivity index (χ1) is 22.6. The molecule has 1 unspecified atom stereocenters. The van der Waals surface area contributed by atoms with Gasteiger partial charge >= 0.3 is 0 Å². The van der Waals surface area contributed by atoms with Gasteiger partial charge in [-0.2, -0.15) is 0 Å². The number of nitrogens with one attached hydrogen (secondary N) is 4. The van der Waals surface area contributed by atoms with Crippen molar-refractivity contribution in [3.8, 4) is 0 Å². The molecule has 0 aromatic heterocycles. The van der Waals surface area contributed by atoms with Crippen LogP contribution < -0.4 is 21.3 Å². The Kier molecular flexibility index (Phi) is 43.9. The minimum absolute atomic E-state index is 0. The van der Waals surface area contributed by atoms with E-state index in [-0.39, 0.29) is 156 Å². The fourth-order valence-electron chi connectivity index (χ4n) is 3.74. The van der Waals surface area contributed by atoms with E-state index in [2.05, 4.69) is 21.3 Å². The molecule has 0 aliphatic rings. The van der Waals surface area contributed by atoms with E-state index < -0.39 is 5.92 Å². The predicted octanol–water partition coefficient (Wildman–Crippen LogP) is -0.432. The molecule has 4 amide bonds. The number of rotatable bonds is 33. The second-order valence-corrected chi connectivity index (χ2v) is 10.4. The van der Waals surface area contributed by atoms with Gasteiger partial charge in [0.25, 0.3) is 0 Å². The molecule has 18 heteroatoms. The molecule has 0 aliphatic heterocycles. The largest absolute Gasteiger partial charge is 0.377 e. The van der Waals surface area contributed by atoms with Crippen molar-refractivity contribution in [1.82, 2.24) is 21.3 Å². The second kappa shape index (κ2) is 39.9. The monoisotopic (exact) mass is 792 g/mol. The summed E-state index contributed by atoms with van der Waals surface area (Å²) in [5.74, 6) is -1.59. The molecule has 0 rings (SSSR count). The molecule has 0 saturated heterocycles. The van der Waals surface area contributed by atoms with Crippen LogP contribution in [0.4, 0.5) is 0 Å². The maximum absolute atomic E-state index is 12.9. The summed E-state index contributed by atoms with van der Waals surface area (Å²) >= 11 is 0. The van der Waals surface area contributed by atoms with Crippen molar-refractivity contribution in [2.45, 2.75) is 60.3 Å². The number of carbonyl (C=O) groups is 6. The van der Waals surface area contributed by atoms with Crippen molar-refractivity contribution in [3.05, 3.63) is 0 Å². The quantitative estimate of drug-likeness (QED) is 0.0494. The van der Waals surface area contributed by atoms with Crippen LogP contribution in [0.25, 0.3) is 0 Å². The van der Waals surface area contributed by atoms with E-state index in [9.17, 15) is 28.8 Å². The fourth-order valence-corrected chi connectivity index (χ4v) is 3.74. The first-order valence-corrected chi connectivity index (χ1v) is 16.2. The van der Waals surface area contributed by atoms with Gasteiger partial charge in [0.05, 0.1) is 59.5 Å². The van der Waals surface area contributed by atoms with E-state index in [4.69, 9.17) is 28.4 Å². The van der Waals surface area contributed by atoms with Crippen molar-refractivity contribution < 1.29 is 89.9 Å². The molecular weight excluding hydrogens is 732 g/mol. The number of ketones is 2. The van der Waals surface area contributed by atoms with Crippen LogP contribution in [0.15, 0.2) is 0 Å². The molecule has 286 valence electrons. The molecule has 0 aliphatic carbocycles. The molecule has 0 fully saturated rings. The van der Waals surface area contributed by atoms with Gasteiger partial charge in [-0.3, -0.25) is 28.8 Å². The van der Waals surface area contributed by atoms with E-state index in [1.807, 2.05) is 0 Å². The molecule has 1 atom stereocenters. The number of ether oxygens (including phenoxy) is 6. The average molecular weight is 793 g/mol. The molecule has 0 bridgehead atoms. The van der Waals surface area contributed by atoms with Gasteiger partial charge in [-0.25, -0.2) is 0 Å². The number of amides is 4. The van der Waals surface area contributed by atoms with Gasteiger partial charge in [0.15, 0.2) is 11.6 Å². The van der Waals surface area contributed by atoms with Crippen LogP contribution in [-0.4, -0.2) is 149 Å². The summed E-state index contributed by atoms with van der Waals surface area (Å²) in [5, 5.41) is 10.8. The number of hydrogen-bond donors (Lipinski definition) is 4. The molecular formula is C32H60BN4O12Y. The summed E-state index contributed by atoms with van der Waals surface area (Å²) in [6, 6.07) is 0. The summed E-state index contributed by atoms with van der Waals surface area (Å²) in [6.07, 6.45) is 2.06. The molecule has 0 spiro atoms. The summed E-state index contributed by atoms with van der Waals surface area (Å²) in [4.78, 5) is 70.3. The smallest absolute Gasteiger partial charge is 0.245 e. The maximum Gasteiger partial charge on any atom is 0.245 e. The summed E-state index contributed by atoms with van der Waals surface area (Å²) in [5.41, 5.74) is 0. The van der Waals surface area contributed by atoms with Crippen LogP contribution >= 0.6 is 0 Å².